The van der Waals surface area contributed by atoms with Crippen molar-refractivity contribution in [3.8, 4) is 0 Å². The first-order valence-corrected chi connectivity index (χ1v) is 8.91. The van der Waals surface area contributed by atoms with E-state index in [0.717, 1.165) is 50.5 Å². The summed E-state index contributed by atoms with van der Waals surface area (Å²) in [6.07, 6.45) is 1.79. The molecule has 2 aliphatic heterocycles. The van der Waals surface area contributed by atoms with Crippen LogP contribution in [-0.2, 0) is 15.9 Å². The molecule has 0 aliphatic carbocycles. The fraction of sp³-hybridized carbons (Fsp3) is 0.929. The van der Waals surface area contributed by atoms with Crippen molar-refractivity contribution in [1.29, 1.82) is 0 Å². The van der Waals surface area contributed by atoms with Crippen LogP contribution in [-0.4, -0.2) is 69.8 Å². The predicted molar refractivity (Wildman–Crippen MR) is 80.3 cm³/mol. The molecule has 0 spiro atoms. The van der Waals surface area contributed by atoms with E-state index in [1.165, 1.54) is 0 Å². The summed E-state index contributed by atoms with van der Waals surface area (Å²) in [7, 11) is 0. The van der Waals surface area contributed by atoms with Gasteiger partial charge in [-0.1, -0.05) is 11.2 Å². The van der Waals surface area contributed by atoms with Crippen LogP contribution in [0.4, 0.5) is 4.79 Å². The zero-order chi connectivity index (χ0) is 14.8. The van der Waals surface area contributed by atoms with Crippen LogP contribution in [0.1, 0.15) is 33.6 Å². The number of hydrogen-bond acceptors (Lipinski definition) is 4. The Morgan fingerprint density at radius 2 is 1.70 bits per heavy atom. The summed E-state index contributed by atoms with van der Waals surface area (Å²) in [6, 6.07) is 0.533. The molecule has 0 N–H and O–H groups in total. The van der Waals surface area contributed by atoms with Crippen LogP contribution < -0.4 is 0 Å². The summed E-state index contributed by atoms with van der Waals surface area (Å²) in [6.45, 7) is 9.08. The maximum atomic E-state index is 12.0. The van der Waals surface area contributed by atoms with Crippen molar-refractivity contribution >= 4 is 17.3 Å². The van der Waals surface area contributed by atoms with E-state index in [-0.39, 0.29) is 6.09 Å². The fourth-order valence-corrected chi connectivity index (χ4v) is 3.84. The summed E-state index contributed by atoms with van der Waals surface area (Å²) in [5, 5.41) is 0. The zero-order valence-corrected chi connectivity index (χ0v) is 13.6. The van der Waals surface area contributed by atoms with Crippen molar-refractivity contribution < 1.29 is 14.1 Å². The summed E-state index contributed by atoms with van der Waals surface area (Å²) in [5.41, 5.74) is -0.426. The van der Waals surface area contributed by atoms with E-state index in [2.05, 4.69) is 4.90 Å². The smallest absolute Gasteiger partial charge is 0.410 e. The molecular weight excluding hydrogens is 276 g/mol. The maximum absolute atomic E-state index is 12.0. The van der Waals surface area contributed by atoms with Gasteiger partial charge in [0.25, 0.3) is 0 Å². The van der Waals surface area contributed by atoms with Gasteiger partial charge < -0.3 is 14.2 Å². The Labute approximate surface area is 124 Å². The highest BCUT2D eigenvalue weighted by atomic mass is 32.2. The minimum absolute atomic E-state index is 0.198. The van der Waals surface area contributed by atoms with Gasteiger partial charge in [0.15, 0.2) is 0 Å². The molecule has 0 aromatic carbocycles. The van der Waals surface area contributed by atoms with Crippen molar-refractivity contribution in [2.75, 3.05) is 37.7 Å². The maximum Gasteiger partial charge on any atom is 0.410 e. The number of nitrogens with zero attached hydrogens (tertiary/aromatic N) is 2. The van der Waals surface area contributed by atoms with E-state index < -0.39 is 16.8 Å². The van der Waals surface area contributed by atoms with E-state index in [1.807, 2.05) is 25.7 Å². The molecule has 6 heteroatoms. The molecule has 0 radical (unpaired) electrons. The first-order valence-electron chi connectivity index (χ1n) is 7.42. The van der Waals surface area contributed by atoms with Crippen LogP contribution >= 0.6 is 0 Å². The Morgan fingerprint density at radius 3 is 2.20 bits per heavy atom. The lowest BCUT2D eigenvalue weighted by Crippen LogP contribution is -2.51. The standard InChI is InChI=1S/C14H26N2O3S/c1-14(2,3)19-13(17)16-6-4-12(5-7-16)15-8-10-20(18)11-9-15/h12H,4-11H2,1-3H3. The molecule has 0 atom stereocenters. The van der Waals surface area contributed by atoms with Crippen molar-refractivity contribution in [1.82, 2.24) is 9.80 Å². The van der Waals surface area contributed by atoms with Crippen molar-refractivity contribution in [3.05, 3.63) is 0 Å². The molecule has 0 aromatic heterocycles. The number of hydrogen-bond donors (Lipinski definition) is 0. The molecule has 2 heterocycles. The van der Waals surface area contributed by atoms with Gasteiger partial charge in [-0.25, -0.2) is 4.79 Å². The molecule has 0 bridgehead atoms. The molecular formula is C14H26N2O3S. The second kappa shape index (κ2) is 6.54. The molecule has 0 saturated carbocycles. The van der Waals surface area contributed by atoms with Crippen molar-refractivity contribution in [3.63, 3.8) is 0 Å². The number of carbonyl (C=O) groups is 1. The van der Waals surface area contributed by atoms with E-state index >= 15 is 0 Å². The largest absolute Gasteiger partial charge is 0.616 e. The normalized spacial score (nSPS) is 23.9. The Balaban J connectivity index is 1.76. The number of carbonyl (C=O) groups excluding carboxylic acids is 1. The van der Waals surface area contributed by atoms with Crippen molar-refractivity contribution in [2.45, 2.75) is 45.3 Å². The molecule has 2 fully saturated rings. The Bertz CT molecular complexity index is 330. The quantitative estimate of drug-likeness (QED) is 0.688. The summed E-state index contributed by atoms with van der Waals surface area (Å²) >= 11 is -0.617. The second-order valence-corrected chi connectivity index (χ2v) is 8.28. The Morgan fingerprint density at radius 1 is 1.15 bits per heavy atom. The molecule has 2 rings (SSSR count). The lowest BCUT2D eigenvalue weighted by molar-refractivity contribution is 0.0148. The van der Waals surface area contributed by atoms with Gasteiger partial charge in [-0.15, -0.1) is 0 Å². The van der Waals surface area contributed by atoms with Crippen LogP contribution in [0.15, 0.2) is 0 Å². The van der Waals surface area contributed by atoms with Gasteiger partial charge in [0.05, 0.1) is 0 Å². The highest BCUT2D eigenvalue weighted by Gasteiger charge is 2.31. The Kier molecular flexibility index (Phi) is 5.20. The van der Waals surface area contributed by atoms with Gasteiger partial charge in [0.1, 0.15) is 17.1 Å². The summed E-state index contributed by atoms with van der Waals surface area (Å²) in [5.74, 6) is 1.60. The number of rotatable bonds is 1. The average molecular weight is 302 g/mol. The Hall–Kier alpha value is -0.460. The highest BCUT2D eigenvalue weighted by molar-refractivity contribution is 7.91. The van der Waals surface area contributed by atoms with Crippen LogP contribution in [0.2, 0.25) is 0 Å². The highest BCUT2D eigenvalue weighted by Crippen LogP contribution is 2.20. The first-order chi connectivity index (χ1) is 9.35. The van der Waals surface area contributed by atoms with Gasteiger partial charge in [0.2, 0.25) is 0 Å². The van der Waals surface area contributed by atoms with Gasteiger partial charge in [0, 0.05) is 32.2 Å². The summed E-state index contributed by atoms with van der Waals surface area (Å²) < 4.78 is 16.8. The number of ether oxygens (including phenoxy) is 1. The van der Waals surface area contributed by atoms with Crippen molar-refractivity contribution in [2.24, 2.45) is 0 Å². The molecule has 20 heavy (non-hydrogen) atoms. The van der Waals surface area contributed by atoms with Gasteiger partial charge in [-0.3, -0.25) is 4.90 Å². The van der Waals surface area contributed by atoms with E-state index in [1.54, 1.807) is 0 Å². The molecule has 2 aliphatic rings. The molecule has 116 valence electrons. The minimum atomic E-state index is -0.617. The predicted octanol–water partition coefficient (Wildman–Crippen LogP) is 1.45. The lowest BCUT2D eigenvalue weighted by atomic mass is 10.0. The number of piperidine rings is 1. The topological polar surface area (TPSA) is 55.8 Å². The van der Waals surface area contributed by atoms with Gasteiger partial charge in [-0.05, 0) is 33.6 Å². The number of amides is 1. The fourth-order valence-electron chi connectivity index (χ4n) is 2.76. The van der Waals surface area contributed by atoms with Crippen LogP contribution in [0.25, 0.3) is 0 Å². The molecule has 2 saturated heterocycles. The third-order valence-corrected chi connectivity index (χ3v) is 5.12. The summed E-state index contributed by atoms with van der Waals surface area (Å²) in [4.78, 5) is 16.2. The zero-order valence-electron chi connectivity index (χ0n) is 12.8. The monoisotopic (exact) mass is 302 g/mol. The molecule has 0 aromatic rings. The molecule has 1 amide bonds. The van der Waals surface area contributed by atoms with Crippen LogP contribution in [0, 0.1) is 0 Å². The van der Waals surface area contributed by atoms with Gasteiger partial charge in [-0.2, -0.15) is 0 Å². The van der Waals surface area contributed by atoms with E-state index in [4.69, 9.17) is 4.74 Å². The van der Waals surface area contributed by atoms with Crippen LogP contribution in [0.5, 0.6) is 0 Å². The molecule has 0 unspecified atom stereocenters. The SMILES string of the molecule is CC(C)(C)OC(=O)N1CCC(N2CC[S+]([O-])CC2)CC1. The number of likely N-dealkylation sites (tertiary alicyclic amines) is 1. The van der Waals surface area contributed by atoms with Crippen LogP contribution in [0.3, 0.4) is 0 Å². The third-order valence-electron chi connectivity index (χ3n) is 3.84. The average Bonchev–Trinajstić information content (AvgIpc) is 2.38. The third kappa shape index (κ3) is 4.53. The second-order valence-electron chi connectivity index (χ2n) is 6.58. The van der Waals surface area contributed by atoms with Gasteiger partial charge >= 0.3 is 6.09 Å². The van der Waals surface area contributed by atoms with E-state index in [9.17, 15) is 9.35 Å². The lowest BCUT2D eigenvalue weighted by Gasteiger charge is -2.40. The molecule has 5 nitrogen and oxygen atoms in total. The van der Waals surface area contributed by atoms with E-state index in [0.29, 0.717) is 6.04 Å². The minimum Gasteiger partial charge on any atom is -0.616 e. The first kappa shape index (κ1) is 15.9.